The van der Waals surface area contributed by atoms with Gasteiger partial charge < -0.3 is 21.3 Å². The fraction of sp³-hybridized carbons (Fsp3) is 0.500. The third-order valence-corrected chi connectivity index (χ3v) is 3.91. The summed E-state index contributed by atoms with van der Waals surface area (Å²) >= 11 is 0. The summed E-state index contributed by atoms with van der Waals surface area (Å²) in [4.78, 5) is 47.6. The van der Waals surface area contributed by atoms with E-state index in [1.807, 2.05) is 13.8 Å². The standard InChI is InChI=1S/C20H30N4O4/c1-3-5-10-21-17(25)13-23-19(27)15-8-7-9-16(12-15)20(28)24-14-18(26)22-11-6-4-2/h7-9,12H,3-6,10-11,13-14H2,1-2H3,(H,21,25)(H,22,26)(H,23,27)(H,24,28). The molecule has 0 radical (unpaired) electrons. The van der Waals surface area contributed by atoms with Crippen LogP contribution in [0.2, 0.25) is 0 Å². The summed E-state index contributed by atoms with van der Waals surface area (Å²) in [6, 6.07) is 6.11. The number of carbonyl (C=O) groups excluding carboxylic acids is 4. The summed E-state index contributed by atoms with van der Waals surface area (Å²) in [5.41, 5.74) is 0.530. The fourth-order valence-electron chi connectivity index (χ4n) is 2.26. The summed E-state index contributed by atoms with van der Waals surface area (Å²) < 4.78 is 0. The number of amides is 4. The van der Waals surface area contributed by atoms with Crippen LogP contribution in [0.3, 0.4) is 0 Å². The van der Waals surface area contributed by atoms with Gasteiger partial charge in [-0.05, 0) is 31.0 Å². The molecule has 154 valence electrons. The Hall–Kier alpha value is -2.90. The third kappa shape index (κ3) is 9.16. The van der Waals surface area contributed by atoms with Crippen LogP contribution in [0.25, 0.3) is 0 Å². The van der Waals surface area contributed by atoms with E-state index in [1.165, 1.54) is 6.07 Å². The van der Waals surface area contributed by atoms with Crippen molar-refractivity contribution in [2.45, 2.75) is 39.5 Å². The Morgan fingerprint density at radius 3 is 1.54 bits per heavy atom. The van der Waals surface area contributed by atoms with E-state index in [-0.39, 0.29) is 36.0 Å². The molecule has 4 amide bonds. The normalized spacial score (nSPS) is 10.1. The van der Waals surface area contributed by atoms with Gasteiger partial charge in [-0.2, -0.15) is 0 Å². The molecule has 0 atom stereocenters. The van der Waals surface area contributed by atoms with Crippen molar-refractivity contribution in [2.75, 3.05) is 26.2 Å². The number of unbranched alkanes of at least 4 members (excludes halogenated alkanes) is 2. The minimum absolute atomic E-state index is 0.128. The lowest BCUT2D eigenvalue weighted by Crippen LogP contribution is -2.38. The lowest BCUT2D eigenvalue weighted by molar-refractivity contribution is -0.120. The number of rotatable bonds is 12. The molecule has 0 bridgehead atoms. The molecular formula is C20H30N4O4. The Morgan fingerprint density at radius 2 is 1.14 bits per heavy atom. The zero-order valence-corrected chi connectivity index (χ0v) is 16.6. The maximum atomic E-state index is 12.2. The van der Waals surface area contributed by atoms with E-state index in [9.17, 15) is 19.2 Å². The second-order valence-electron chi connectivity index (χ2n) is 6.35. The first-order valence-electron chi connectivity index (χ1n) is 9.67. The molecule has 0 aromatic heterocycles. The van der Waals surface area contributed by atoms with E-state index in [1.54, 1.807) is 18.2 Å². The van der Waals surface area contributed by atoms with Crippen LogP contribution in [0.4, 0.5) is 0 Å². The zero-order chi connectivity index (χ0) is 20.8. The van der Waals surface area contributed by atoms with Gasteiger partial charge in [-0.25, -0.2) is 0 Å². The van der Waals surface area contributed by atoms with Gasteiger partial charge in [0.25, 0.3) is 11.8 Å². The molecule has 0 spiro atoms. The minimum Gasteiger partial charge on any atom is -0.355 e. The topological polar surface area (TPSA) is 116 Å². The molecule has 0 saturated carbocycles. The first-order valence-corrected chi connectivity index (χ1v) is 9.67. The first-order chi connectivity index (χ1) is 13.5. The Morgan fingerprint density at radius 1 is 0.714 bits per heavy atom. The minimum atomic E-state index is -0.447. The predicted octanol–water partition coefficient (Wildman–Crippen LogP) is 0.979. The van der Waals surface area contributed by atoms with Crippen molar-refractivity contribution in [2.24, 2.45) is 0 Å². The van der Waals surface area contributed by atoms with Crippen LogP contribution >= 0.6 is 0 Å². The Balaban J connectivity index is 2.49. The SMILES string of the molecule is CCCCNC(=O)CNC(=O)c1cccc(C(=O)NCC(=O)NCCCC)c1. The second kappa shape index (κ2) is 13.3. The number of nitrogens with one attached hydrogen (secondary N) is 4. The van der Waals surface area contributed by atoms with Gasteiger partial charge in [0.1, 0.15) is 0 Å². The molecule has 8 nitrogen and oxygen atoms in total. The van der Waals surface area contributed by atoms with Gasteiger partial charge in [-0.3, -0.25) is 19.2 Å². The van der Waals surface area contributed by atoms with Crippen LogP contribution in [0.15, 0.2) is 24.3 Å². The lowest BCUT2D eigenvalue weighted by atomic mass is 10.1. The molecule has 1 aromatic carbocycles. The fourth-order valence-corrected chi connectivity index (χ4v) is 2.26. The molecule has 4 N–H and O–H groups in total. The van der Waals surface area contributed by atoms with E-state index < -0.39 is 11.8 Å². The highest BCUT2D eigenvalue weighted by atomic mass is 16.2. The molecule has 1 aromatic rings. The van der Waals surface area contributed by atoms with Crippen molar-refractivity contribution in [3.8, 4) is 0 Å². The molecule has 0 unspecified atom stereocenters. The van der Waals surface area contributed by atoms with Gasteiger partial charge in [-0.1, -0.05) is 32.8 Å². The average Bonchev–Trinajstić information content (AvgIpc) is 2.70. The van der Waals surface area contributed by atoms with Gasteiger partial charge in [0.05, 0.1) is 13.1 Å². The Labute approximate surface area is 165 Å². The van der Waals surface area contributed by atoms with Crippen LogP contribution < -0.4 is 21.3 Å². The average molecular weight is 390 g/mol. The van der Waals surface area contributed by atoms with Crippen molar-refractivity contribution in [3.63, 3.8) is 0 Å². The highest BCUT2D eigenvalue weighted by Crippen LogP contribution is 2.05. The molecular weight excluding hydrogens is 360 g/mol. The molecule has 0 aliphatic carbocycles. The molecule has 0 fully saturated rings. The predicted molar refractivity (Wildman–Crippen MR) is 107 cm³/mol. The van der Waals surface area contributed by atoms with Gasteiger partial charge in [0.15, 0.2) is 0 Å². The van der Waals surface area contributed by atoms with Crippen LogP contribution in [-0.2, 0) is 9.59 Å². The maximum absolute atomic E-state index is 12.2. The van der Waals surface area contributed by atoms with Crippen molar-refractivity contribution in [1.29, 1.82) is 0 Å². The maximum Gasteiger partial charge on any atom is 0.251 e. The molecule has 0 aliphatic rings. The molecule has 0 saturated heterocycles. The Bertz CT molecular complexity index is 623. The molecule has 0 aliphatic heterocycles. The van der Waals surface area contributed by atoms with E-state index in [2.05, 4.69) is 21.3 Å². The quantitative estimate of drug-likeness (QED) is 0.398. The summed E-state index contributed by atoms with van der Waals surface area (Å²) in [5.74, 6) is -1.41. The van der Waals surface area contributed by atoms with Gasteiger partial charge >= 0.3 is 0 Å². The molecule has 0 heterocycles. The summed E-state index contributed by atoms with van der Waals surface area (Å²) in [6.45, 7) is 4.94. The van der Waals surface area contributed by atoms with Gasteiger partial charge in [0.2, 0.25) is 11.8 Å². The smallest absolute Gasteiger partial charge is 0.251 e. The molecule has 1 rings (SSSR count). The van der Waals surface area contributed by atoms with E-state index in [0.717, 1.165) is 25.7 Å². The van der Waals surface area contributed by atoms with Crippen LogP contribution in [-0.4, -0.2) is 49.8 Å². The first kappa shape index (κ1) is 23.1. The highest BCUT2D eigenvalue weighted by Gasteiger charge is 2.12. The van der Waals surface area contributed by atoms with Gasteiger partial charge in [0, 0.05) is 24.2 Å². The Kier molecular flexibility index (Phi) is 11.0. The van der Waals surface area contributed by atoms with E-state index in [4.69, 9.17) is 0 Å². The second-order valence-corrected chi connectivity index (χ2v) is 6.35. The number of hydrogen-bond acceptors (Lipinski definition) is 4. The van der Waals surface area contributed by atoms with Crippen LogP contribution in [0, 0.1) is 0 Å². The van der Waals surface area contributed by atoms with Crippen LogP contribution in [0.1, 0.15) is 60.2 Å². The van der Waals surface area contributed by atoms with Crippen molar-refractivity contribution >= 4 is 23.6 Å². The molecule has 8 heteroatoms. The summed E-state index contributed by atoms with van der Waals surface area (Å²) in [6.07, 6.45) is 3.71. The van der Waals surface area contributed by atoms with Crippen LogP contribution in [0.5, 0.6) is 0 Å². The van der Waals surface area contributed by atoms with Crippen molar-refractivity contribution in [3.05, 3.63) is 35.4 Å². The monoisotopic (exact) mass is 390 g/mol. The largest absolute Gasteiger partial charge is 0.355 e. The lowest BCUT2D eigenvalue weighted by Gasteiger charge is -2.09. The molecule has 28 heavy (non-hydrogen) atoms. The van der Waals surface area contributed by atoms with E-state index >= 15 is 0 Å². The van der Waals surface area contributed by atoms with Gasteiger partial charge in [-0.15, -0.1) is 0 Å². The number of benzene rings is 1. The third-order valence-electron chi connectivity index (χ3n) is 3.91. The summed E-state index contributed by atoms with van der Waals surface area (Å²) in [7, 11) is 0. The summed E-state index contributed by atoms with van der Waals surface area (Å²) in [5, 5.41) is 10.5. The van der Waals surface area contributed by atoms with Crippen molar-refractivity contribution in [1.82, 2.24) is 21.3 Å². The highest BCUT2D eigenvalue weighted by molar-refractivity contribution is 6.01. The van der Waals surface area contributed by atoms with Crippen molar-refractivity contribution < 1.29 is 19.2 Å². The van der Waals surface area contributed by atoms with E-state index in [0.29, 0.717) is 13.1 Å². The number of carbonyl (C=O) groups is 4. The zero-order valence-electron chi connectivity index (χ0n) is 16.6. The number of hydrogen-bond donors (Lipinski definition) is 4.